The number of hydrogen-bond acceptors (Lipinski definition) is 2. The normalized spacial score (nSPS) is 10.7. The molecule has 0 bridgehead atoms. The average Bonchev–Trinajstić information content (AvgIpc) is 2.71. The molecule has 3 heteroatoms. The zero-order valence-corrected chi connectivity index (χ0v) is 11.3. The van der Waals surface area contributed by atoms with E-state index < -0.39 is 0 Å². The monoisotopic (exact) mass is 242 g/mol. The van der Waals surface area contributed by atoms with Crippen molar-refractivity contribution in [1.29, 1.82) is 0 Å². The number of benzene rings is 1. The van der Waals surface area contributed by atoms with Gasteiger partial charge in [0.1, 0.15) is 0 Å². The molecule has 0 unspecified atom stereocenters. The molecular formula is C15H18N2O. The first kappa shape index (κ1) is 12.6. The number of ketones is 1. The summed E-state index contributed by atoms with van der Waals surface area (Å²) in [5.74, 6) is 0.0543. The fraction of sp³-hybridized carbons (Fsp3) is 0.333. The van der Waals surface area contributed by atoms with Crippen molar-refractivity contribution < 1.29 is 4.79 Å². The van der Waals surface area contributed by atoms with Crippen LogP contribution in [0.15, 0.2) is 24.5 Å². The quantitative estimate of drug-likeness (QED) is 0.775. The SMILES string of the molecule is CC(=O)c1cnn(Cc2c(C)cc(C)cc2C)c1. The van der Waals surface area contributed by atoms with Gasteiger partial charge < -0.3 is 0 Å². The van der Waals surface area contributed by atoms with E-state index in [0.29, 0.717) is 12.1 Å². The van der Waals surface area contributed by atoms with Gasteiger partial charge in [-0.3, -0.25) is 9.48 Å². The topological polar surface area (TPSA) is 34.9 Å². The molecule has 0 aliphatic carbocycles. The average molecular weight is 242 g/mol. The van der Waals surface area contributed by atoms with Crippen LogP contribution >= 0.6 is 0 Å². The Hall–Kier alpha value is -1.90. The zero-order valence-electron chi connectivity index (χ0n) is 11.3. The van der Waals surface area contributed by atoms with E-state index in [9.17, 15) is 4.79 Å². The molecule has 1 aromatic carbocycles. The number of aromatic nitrogens is 2. The van der Waals surface area contributed by atoms with Crippen LogP contribution < -0.4 is 0 Å². The Labute approximate surface area is 107 Å². The van der Waals surface area contributed by atoms with Gasteiger partial charge in [-0.25, -0.2) is 0 Å². The lowest BCUT2D eigenvalue weighted by Crippen LogP contribution is -2.04. The second kappa shape index (κ2) is 4.77. The summed E-state index contributed by atoms with van der Waals surface area (Å²) in [5.41, 5.74) is 5.76. The maximum atomic E-state index is 11.2. The predicted octanol–water partition coefficient (Wildman–Crippen LogP) is 3.06. The summed E-state index contributed by atoms with van der Waals surface area (Å²) in [6.07, 6.45) is 3.43. The standard InChI is InChI=1S/C15H18N2O/c1-10-5-11(2)15(12(3)6-10)9-17-8-14(7-16-17)13(4)18/h5-8H,9H2,1-4H3. The van der Waals surface area contributed by atoms with E-state index in [4.69, 9.17) is 0 Å². The van der Waals surface area contributed by atoms with Gasteiger partial charge in [0.2, 0.25) is 0 Å². The molecule has 0 saturated carbocycles. The smallest absolute Gasteiger partial charge is 0.162 e. The summed E-state index contributed by atoms with van der Waals surface area (Å²) >= 11 is 0. The molecule has 0 saturated heterocycles. The second-order valence-corrected chi connectivity index (χ2v) is 4.86. The Balaban J connectivity index is 2.31. The number of rotatable bonds is 3. The maximum Gasteiger partial charge on any atom is 0.162 e. The highest BCUT2D eigenvalue weighted by Gasteiger charge is 2.07. The van der Waals surface area contributed by atoms with E-state index in [2.05, 4.69) is 38.0 Å². The fourth-order valence-electron chi connectivity index (χ4n) is 2.25. The van der Waals surface area contributed by atoms with Crippen LogP contribution in [0, 0.1) is 20.8 Å². The van der Waals surface area contributed by atoms with Crippen molar-refractivity contribution in [3.8, 4) is 0 Å². The van der Waals surface area contributed by atoms with Gasteiger partial charge >= 0.3 is 0 Å². The first-order valence-electron chi connectivity index (χ1n) is 6.07. The van der Waals surface area contributed by atoms with Crippen LogP contribution in [-0.2, 0) is 6.54 Å². The highest BCUT2D eigenvalue weighted by atomic mass is 16.1. The lowest BCUT2D eigenvalue weighted by molar-refractivity contribution is 0.101. The molecule has 0 fully saturated rings. The Morgan fingerprint density at radius 3 is 2.33 bits per heavy atom. The van der Waals surface area contributed by atoms with E-state index in [1.54, 1.807) is 19.3 Å². The molecule has 0 spiro atoms. The lowest BCUT2D eigenvalue weighted by Gasteiger charge is -2.11. The summed E-state index contributed by atoms with van der Waals surface area (Å²) < 4.78 is 1.82. The molecule has 1 aromatic heterocycles. The first-order valence-corrected chi connectivity index (χ1v) is 6.07. The molecule has 2 aromatic rings. The minimum absolute atomic E-state index is 0.0543. The summed E-state index contributed by atoms with van der Waals surface area (Å²) in [7, 11) is 0. The van der Waals surface area contributed by atoms with Gasteiger partial charge in [-0.05, 0) is 44.4 Å². The van der Waals surface area contributed by atoms with E-state index in [-0.39, 0.29) is 5.78 Å². The second-order valence-electron chi connectivity index (χ2n) is 4.86. The fourth-order valence-corrected chi connectivity index (χ4v) is 2.25. The van der Waals surface area contributed by atoms with Gasteiger partial charge in [0.15, 0.2) is 5.78 Å². The van der Waals surface area contributed by atoms with E-state index in [0.717, 1.165) is 0 Å². The largest absolute Gasteiger partial charge is 0.294 e. The number of carbonyl (C=O) groups excluding carboxylic acids is 1. The number of nitrogens with zero attached hydrogens (tertiary/aromatic N) is 2. The predicted molar refractivity (Wildman–Crippen MR) is 72.0 cm³/mol. The Bertz CT molecular complexity index is 573. The molecule has 18 heavy (non-hydrogen) atoms. The molecular weight excluding hydrogens is 224 g/mol. The van der Waals surface area contributed by atoms with Crippen LogP contribution in [0.1, 0.15) is 39.5 Å². The maximum absolute atomic E-state index is 11.2. The van der Waals surface area contributed by atoms with Crippen molar-refractivity contribution in [2.75, 3.05) is 0 Å². The number of hydrogen-bond donors (Lipinski definition) is 0. The number of aryl methyl sites for hydroxylation is 3. The number of carbonyl (C=O) groups is 1. The van der Waals surface area contributed by atoms with Crippen molar-refractivity contribution in [3.63, 3.8) is 0 Å². The highest BCUT2D eigenvalue weighted by Crippen LogP contribution is 2.17. The van der Waals surface area contributed by atoms with Gasteiger partial charge in [-0.1, -0.05) is 17.7 Å². The van der Waals surface area contributed by atoms with Gasteiger partial charge in [0.05, 0.1) is 18.3 Å². The van der Waals surface area contributed by atoms with Crippen LogP contribution in [0.3, 0.4) is 0 Å². The third kappa shape index (κ3) is 2.50. The molecule has 0 amide bonds. The molecule has 0 aliphatic heterocycles. The van der Waals surface area contributed by atoms with E-state index >= 15 is 0 Å². The molecule has 0 atom stereocenters. The zero-order chi connectivity index (χ0) is 13.3. The summed E-state index contributed by atoms with van der Waals surface area (Å²) in [6.45, 7) is 8.61. The molecule has 0 N–H and O–H groups in total. The summed E-state index contributed by atoms with van der Waals surface area (Å²) in [5, 5.41) is 4.23. The molecule has 0 radical (unpaired) electrons. The third-order valence-electron chi connectivity index (χ3n) is 3.20. The van der Waals surface area contributed by atoms with Gasteiger partial charge in [0.25, 0.3) is 0 Å². The van der Waals surface area contributed by atoms with Crippen LogP contribution in [0.5, 0.6) is 0 Å². The molecule has 2 rings (SSSR count). The summed E-state index contributed by atoms with van der Waals surface area (Å²) in [4.78, 5) is 11.2. The number of Topliss-reactive ketones (excluding diaryl/α,β-unsaturated/α-hetero) is 1. The Morgan fingerprint density at radius 2 is 1.83 bits per heavy atom. The van der Waals surface area contributed by atoms with Crippen LogP contribution in [0.25, 0.3) is 0 Å². The lowest BCUT2D eigenvalue weighted by atomic mass is 10.00. The Kier molecular flexibility index (Phi) is 3.32. The van der Waals surface area contributed by atoms with Crippen molar-refractivity contribution in [2.24, 2.45) is 0 Å². The highest BCUT2D eigenvalue weighted by molar-refractivity contribution is 5.93. The van der Waals surface area contributed by atoms with Crippen LogP contribution in [-0.4, -0.2) is 15.6 Å². The van der Waals surface area contributed by atoms with Gasteiger partial charge in [0, 0.05) is 6.20 Å². The van der Waals surface area contributed by atoms with E-state index in [1.807, 2.05) is 4.68 Å². The van der Waals surface area contributed by atoms with Crippen molar-refractivity contribution >= 4 is 5.78 Å². The molecule has 3 nitrogen and oxygen atoms in total. The van der Waals surface area contributed by atoms with Crippen LogP contribution in [0.4, 0.5) is 0 Å². The van der Waals surface area contributed by atoms with Crippen molar-refractivity contribution in [1.82, 2.24) is 9.78 Å². The summed E-state index contributed by atoms with van der Waals surface area (Å²) in [6, 6.07) is 4.36. The van der Waals surface area contributed by atoms with E-state index in [1.165, 1.54) is 22.3 Å². The third-order valence-corrected chi connectivity index (χ3v) is 3.20. The molecule has 1 heterocycles. The van der Waals surface area contributed by atoms with Crippen LogP contribution in [0.2, 0.25) is 0 Å². The van der Waals surface area contributed by atoms with Crippen molar-refractivity contribution in [3.05, 3.63) is 52.3 Å². The molecule has 94 valence electrons. The van der Waals surface area contributed by atoms with Crippen molar-refractivity contribution in [2.45, 2.75) is 34.2 Å². The Morgan fingerprint density at radius 1 is 1.22 bits per heavy atom. The first-order chi connectivity index (χ1) is 8.47. The van der Waals surface area contributed by atoms with Gasteiger partial charge in [-0.15, -0.1) is 0 Å². The molecule has 0 aliphatic rings. The minimum atomic E-state index is 0.0543. The van der Waals surface area contributed by atoms with Gasteiger partial charge in [-0.2, -0.15) is 5.10 Å². The minimum Gasteiger partial charge on any atom is -0.294 e.